The van der Waals surface area contributed by atoms with Crippen LogP contribution in [0.15, 0.2) is 18.2 Å². The smallest absolute Gasteiger partial charge is 0.260 e. The molecule has 6 nitrogen and oxygen atoms in total. The Morgan fingerprint density at radius 1 is 1.19 bits per heavy atom. The maximum absolute atomic E-state index is 11.4. The molecule has 0 spiro atoms. The van der Waals surface area contributed by atoms with Gasteiger partial charge in [-0.1, -0.05) is 0 Å². The molecule has 2 amide bonds. The number of carbonyl (C=O) groups is 2. The second-order valence-electron chi connectivity index (χ2n) is 3.20. The second kappa shape index (κ2) is 3.73. The molecule has 0 saturated heterocycles. The summed E-state index contributed by atoms with van der Waals surface area (Å²) in [5.41, 5.74) is 0.620. The third-order valence-corrected chi connectivity index (χ3v) is 2.04. The van der Waals surface area contributed by atoms with Gasteiger partial charge in [0.25, 0.3) is 11.8 Å². The van der Waals surface area contributed by atoms with Crippen LogP contribution in [0.1, 0.15) is 5.69 Å². The van der Waals surface area contributed by atoms with E-state index >= 15 is 0 Å². The Bertz CT molecular complexity index is 478. The first kappa shape index (κ1) is 10.3. The summed E-state index contributed by atoms with van der Waals surface area (Å²) in [6, 6.07) is 1.61. The van der Waals surface area contributed by atoms with E-state index in [1.54, 1.807) is 13.0 Å². The van der Waals surface area contributed by atoms with Crippen molar-refractivity contribution in [3.8, 4) is 5.88 Å². The van der Waals surface area contributed by atoms with Crippen LogP contribution < -0.4 is 9.64 Å². The molecule has 0 aliphatic carbocycles. The zero-order valence-electron chi connectivity index (χ0n) is 8.80. The quantitative estimate of drug-likeness (QED) is 0.665. The molecule has 0 atom stereocenters. The fourth-order valence-corrected chi connectivity index (χ4v) is 1.33. The van der Waals surface area contributed by atoms with Crippen molar-refractivity contribution in [2.75, 3.05) is 12.0 Å². The van der Waals surface area contributed by atoms with Crippen LogP contribution in [0, 0.1) is 6.92 Å². The van der Waals surface area contributed by atoms with E-state index < -0.39 is 11.8 Å². The number of hydrogen-bond acceptors (Lipinski definition) is 5. The summed E-state index contributed by atoms with van der Waals surface area (Å²) in [6.45, 7) is 1.73. The molecule has 2 rings (SSSR count). The maximum atomic E-state index is 11.4. The van der Waals surface area contributed by atoms with Crippen molar-refractivity contribution in [1.29, 1.82) is 0 Å². The van der Waals surface area contributed by atoms with Gasteiger partial charge >= 0.3 is 0 Å². The number of anilines is 1. The summed E-state index contributed by atoms with van der Waals surface area (Å²) < 4.78 is 4.94. The Labute approximate surface area is 91.6 Å². The molecular formula is C10H9N3O3. The SMILES string of the molecule is COc1cc(C)nc(N2C(=O)C=CC2=O)n1. The lowest BCUT2D eigenvalue weighted by molar-refractivity contribution is -0.120. The van der Waals surface area contributed by atoms with Crippen molar-refractivity contribution in [2.45, 2.75) is 6.92 Å². The molecule has 1 aliphatic rings. The van der Waals surface area contributed by atoms with Gasteiger partial charge in [0.05, 0.1) is 7.11 Å². The maximum Gasteiger partial charge on any atom is 0.260 e. The van der Waals surface area contributed by atoms with Crippen LogP contribution in [0.5, 0.6) is 5.88 Å². The molecular weight excluding hydrogens is 210 g/mol. The average Bonchev–Trinajstić information content (AvgIpc) is 2.57. The van der Waals surface area contributed by atoms with E-state index in [9.17, 15) is 9.59 Å². The number of methoxy groups -OCH3 is 1. The first-order chi connectivity index (χ1) is 7.61. The van der Waals surface area contributed by atoms with Gasteiger partial charge in [-0.25, -0.2) is 9.88 Å². The monoisotopic (exact) mass is 219 g/mol. The Morgan fingerprint density at radius 2 is 1.81 bits per heavy atom. The lowest BCUT2D eigenvalue weighted by atomic mass is 10.4. The molecule has 0 bridgehead atoms. The Balaban J connectivity index is 2.44. The van der Waals surface area contributed by atoms with Crippen molar-refractivity contribution >= 4 is 17.8 Å². The summed E-state index contributed by atoms with van der Waals surface area (Å²) in [5.74, 6) is -0.540. The topological polar surface area (TPSA) is 72.4 Å². The molecule has 1 aromatic heterocycles. The molecule has 0 aromatic carbocycles. The standard InChI is InChI=1S/C10H9N3O3/c1-6-5-7(16-2)12-10(11-6)13-8(14)3-4-9(13)15/h3-5H,1-2H3. The van der Waals surface area contributed by atoms with E-state index in [1.807, 2.05) is 0 Å². The minimum atomic E-state index is -0.447. The van der Waals surface area contributed by atoms with E-state index in [1.165, 1.54) is 19.3 Å². The Hall–Kier alpha value is -2.24. The molecule has 16 heavy (non-hydrogen) atoms. The highest BCUT2D eigenvalue weighted by atomic mass is 16.5. The van der Waals surface area contributed by atoms with Gasteiger partial charge in [-0.3, -0.25) is 9.59 Å². The third-order valence-electron chi connectivity index (χ3n) is 2.04. The zero-order chi connectivity index (χ0) is 11.7. The highest BCUT2D eigenvalue weighted by Crippen LogP contribution is 2.18. The molecule has 2 heterocycles. The van der Waals surface area contributed by atoms with Crippen LogP contribution in [0.3, 0.4) is 0 Å². The van der Waals surface area contributed by atoms with E-state index in [0.717, 1.165) is 4.90 Å². The predicted molar refractivity (Wildman–Crippen MR) is 55.0 cm³/mol. The van der Waals surface area contributed by atoms with Crippen LogP contribution in [-0.4, -0.2) is 28.9 Å². The van der Waals surface area contributed by atoms with Gasteiger partial charge in [-0.2, -0.15) is 4.98 Å². The van der Waals surface area contributed by atoms with Crippen LogP contribution >= 0.6 is 0 Å². The molecule has 0 N–H and O–H groups in total. The fraction of sp³-hybridized carbons (Fsp3) is 0.200. The summed E-state index contributed by atoms with van der Waals surface area (Å²) >= 11 is 0. The first-order valence-electron chi connectivity index (χ1n) is 4.57. The number of aryl methyl sites for hydroxylation is 1. The number of nitrogens with zero attached hydrogens (tertiary/aromatic N) is 3. The average molecular weight is 219 g/mol. The van der Waals surface area contributed by atoms with E-state index in [-0.39, 0.29) is 5.95 Å². The fourth-order valence-electron chi connectivity index (χ4n) is 1.33. The van der Waals surface area contributed by atoms with E-state index in [4.69, 9.17) is 4.74 Å². The summed E-state index contributed by atoms with van der Waals surface area (Å²) in [4.78, 5) is 31.6. The summed E-state index contributed by atoms with van der Waals surface area (Å²) in [7, 11) is 1.46. The molecule has 1 aliphatic heterocycles. The highest BCUT2D eigenvalue weighted by molar-refractivity contribution is 6.27. The largest absolute Gasteiger partial charge is 0.481 e. The number of carbonyl (C=O) groups excluding carboxylic acids is 2. The van der Waals surface area contributed by atoms with Gasteiger partial charge in [0.15, 0.2) is 0 Å². The van der Waals surface area contributed by atoms with Gasteiger partial charge in [0, 0.05) is 23.9 Å². The number of amides is 2. The minimum Gasteiger partial charge on any atom is -0.481 e. The first-order valence-corrected chi connectivity index (χ1v) is 4.57. The van der Waals surface area contributed by atoms with E-state index in [0.29, 0.717) is 11.6 Å². The minimum absolute atomic E-state index is 0.0388. The van der Waals surface area contributed by atoms with Gasteiger partial charge in [-0.15, -0.1) is 0 Å². The molecule has 0 unspecified atom stereocenters. The number of rotatable bonds is 2. The molecule has 0 saturated carbocycles. The van der Waals surface area contributed by atoms with E-state index in [2.05, 4.69) is 9.97 Å². The van der Waals surface area contributed by atoms with Gasteiger partial charge < -0.3 is 4.74 Å². The van der Waals surface area contributed by atoms with Crippen LogP contribution in [0.25, 0.3) is 0 Å². The van der Waals surface area contributed by atoms with Gasteiger partial charge in [0.2, 0.25) is 11.8 Å². The van der Waals surface area contributed by atoms with Crippen molar-refractivity contribution in [3.63, 3.8) is 0 Å². The molecule has 82 valence electrons. The number of hydrogen-bond donors (Lipinski definition) is 0. The molecule has 1 aromatic rings. The van der Waals surface area contributed by atoms with Crippen LogP contribution in [0.4, 0.5) is 5.95 Å². The molecule has 0 radical (unpaired) electrons. The Kier molecular flexibility index (Phi) is 2.40. The number of ether oxygens (including phenoxy) is 1. The normalized spacial score (nSPS) is 14.8. The summed E-state index contributed by atoms with van der Waals surface area (Å²) in [6.07, 6.45) is 2.36. The van der Waals surface area contributed by atoms with Crippen molar-refractivity contribution in [1.82, 2.24) is 9.97 Å². The van der Waals surface area contributed by atoms with Crippen molar-refractivity contribution in [2.24, 2.45) is 0 Å². The Morgan fingerprint density at radius 3 is 2.38 bits per heavy atom. The predicted octanol–water partition coefficient (Wildman–Crippen LogP) is 0.223. The molecule has 6 heteroatoms. The summed E-state index contributed by atoms with van der Waals surface area (Å²) in [5, 5.41) is 0. The number of aromatic nitrogens is 2. The lowest BCUT2D eigenvalue weighted by Gasteiger charge is -2.12. The molecule has 0 fully saturated rings. The van der Waals surface area contributed by atoms with Crippen molar-refractivity contribution < 1.29 is 14.3 Å². The highest BCUT2D eigenvalue weighted by Gasteiger charge is 2.28. The van der Waals surface area contributed by atoms with Gasteiger partial charge in [-0.05, 0) is 6.92 Å². The zero-order valence-corrected chi connectivity index (χ0v) is 8.80. The second-order valence-corrected chi connectivity index (χ2v) is 3.20. The van der Waals surface area contributed by atoms with Crippen LogP contribution in [0.2, 0.25) is 0 Å². The third kappa shape index (κ3) is 1.65. The van der Waals surface area contributed by atoms with Crippen LogP contribution in [-0.2, 0) is 9.59 Å². The van der Waals surface area contributed by atoms with Crippen molar-refractivity contribution in [3.05, 3.63) is 23.9 Å². The number of imide groups is 1. The van der Waals surface area contributed by atoms with Gasteiger partial charge in [0.1, 0.15) is 0 Å². The lowest BCUT2D eigenvalue weighted by Crippen LogP contribution is -2.31.